The lowest BCUT2D eigenvalue weighted by atomic mass is 9.96. The van der Waals surface area contributed by atoms with Crippen molar-refractivity contribution in [2.24, 2.45) is 0 Å². The molecule has 3 aromatic carbocycles. The van der Waals surface area contributed by atoms with E-state index >= 15 is 0 Å². The molecule has 4 aromatic rings. The van der Waals surface area contributed by atoms with Crippen molar-refractivity contribution in [1.82, 2.24) is 0 Å². The zero-order valence-corrected chi connectivity index (χ0v) is 17.7. The van der Waals surface area contributed by atoms with Crippen molar-refractivity contribution in [1.29, 1.82) is 0 Å². The van der Waals surface area contributed by atoms with Crippen molar-refractivity contribution in [3.8, 4) is 45.4 Å². The number of para-hydroxylation sites is 1. The Morgan fingerprint density at radius 2 is 1.29 bits per heavy atom. The second-order valence-corrected chi connectivity index (χ2v) is 6.77. The SMILES string of the molecule is COc1ccc(-c2oc3ccccc3c(=O)c2-c2c(OC)cc(OC)cc2OC)cc1. The maximum atomic E-state index is 13.7. The van der Waals surface area contributed by atoms with Gasteiger partial charge in [0, 0.05) is 17.7 Å². The van der Waals surface area contributed by atoms with E-state index in [0.717, 1.165) is 5.56 Å². The maximum absolute atomic E-state index is 13.7. The van der Waals surface area contributed by atoms with Gasteiger partial charge in [0.2, 0.25) is 5.43 Å². The van der Waals surface area contributed by atoms with Gasteiger partial charge in [0.15, 0.2) is 0 Å². The van der Waals surface area contributed by atoms with E-state index in [0.29, 0.717) is 50.9 Å². The van der Waals surface area contributed by atoms with Gasteiger partial charge < -0.3 is 23.4 Å². The van der Waals surface area contributed by atoms with E-state index in [1.807, 2.05) is 30.3 Å². The number of methoxy groups -OCH3 is 4. The minimum atomic E-state index is -0.186. The lowest BCUT2D eigenvalue weighted by Crippen LogP contribution is -2.09. The second kappa shape index (κ2) is 8.44. The average molecular weight is 418 g/mol. The summed E-state index contributed by atoms with van der Waals surface area (Å²) in [4.78, 5) is 13.7. The maximum Gasteiger partial charge on any atom is 0.201 e. The zero-order chi connectivity index (χ0) is 22.0. The summed E-state index contributed by atoms with van der Waals surface area (Å²) in [5.41, 5.74) is 1.87. The predicted octanol–water partition coefficient (Wildman–Crippen LogP) is 5.16. The van der Waals surface area contributed by atoms with E-state index in [1.165, 1.54) is 14.2 Å². The van der Waals surface area contributed by atoms with Crippen molar-refractivity contribution in [3.63, 3.8) is 0 Å². The Hall–Kier alpha value is -3.93. The summed E-state index contributed by atoms with van der Waals surface area (Å²) in [5, 5.41) is 0.467. The number of ether oxygens (including phenoxy) is 4. The monoisotopic (exact) mass is 418 g/mol. The van der Waals surface area contributed by atoms with Gasteiger partial charge in [-0.25, -0.2) is 0 Å². The largest absolute Gasteiger partial charge is 0.497 e. The number of hydrogen-bond donors (Lipinski definition) is 0. The van der Waals surface area contributed by atoms with Crippen LogP contribution in [0.25, 0.3) is 33.4 Å². The third-order valence-electron chi connectivity index (χ3n) is 5.12. The Bertz CT molecular complexity index is 1260. The van der Waals surface area contributed by atoms with E-state index in [4.69, 9.17) is 23.4 Å². The van der Waals surface area contributed by atoms with Gasteiger partial charge in [0.25, 0.3) is 0 Å². The summed E-state index contributed by atoms with van der Waals surface area (Å²) in [7, 11) is 6.23. The first-order valence-electron chi connectivity index (χ1n) is 9.62. The van der Waals surface area contributed by atoms with Crippen LogP contribution in [-0.4, -0.2) is 28.4 Å². The van der Waals surface area contributed by atoms with Crippen LogP contribution in [0.1, 0.15) is 0 Å². The standard InChI is InChI=1S/C25H22O6/c1-27-16-11-9-15(10-12-16)25-23(24(26)18-7-5-6-8-19(18)31-25)22-20(29-3)13-17(28-2)14-21(22)30-4/h5-14H,1-4H3. The van der Waals surface area contributed by atoms with Crippen LogP contribution in [-0.2, 0) is 0 Å². The van der Waals surface area contributed by atoms with Gasteiger partial charge in [-0.05, 0) is 36.4 Å². The van der Waals surface area contributed by atoms with E-state index in [2.05, 4.69) is 0 Å². The van der Waals surface area contributed by atoms with Gasteiger partial charge in [0.05, 0.1) is 45.0 Å². The Morgan fingerprint density at radius 1 is 0.677 bits per heavy atom. The Morgan fingerprint density at radius 3 is 1.87 bits per heavy atom. The molecule has 0 radical (unpaired) electrons. The normalized spacial score (nSPS) is 10.7. The fourth-order valence-electron chi connectivity index (χ4n) is 3.57. The van der Waals surface area contributed by atoms with Crippen LogP contribution in [0.3, 0.4) is 0 Å². The van der Waals surface area contributed by atoms with Crippen molar-refractivity contribution in [2.45, 2.75) is 0 Å². The molecule has 0 atom stereocenters. The van der Waals surface area contributed by atoms with Crippen LogP contribution in [0.5, 0.6) is 23.0 Å². The summed E-state index contributed by atoms with van der Waals surface area (Å²) in [6.07, 6.45) is 0. The molecular formula is C25H22O6. The first-order chi connectivity index (χ1) is 15.1. The highest BCUT2D eigenvalue weighted by Gasteiger charge is 2.25. The van der Waals surface area contributed by atoms with Gasteiger partial charge in [-0.3, -0.25) is 4.79 Å². The molecule has 0 aliphatic heterocycles. The Balaban J connectivity index is 2.13. The van der Waals surface area contributed by atoms with Gasteiger partial charge >= 0.3 is 0 Å². The highest BCUT2D eigenvalue weighted by molar-refractivity contribution is 5.93. The molecule has 0 N–H and O–H groups in total. The second-order valence-electron chi connectivity index (χ2n) is 6.77. The summed E-state index contributed by atoms with van der Waals surface area (Å²) in [6.45, 7) is 0. The molecule has 0 bridgehead atoms. The van der Waals surface area contributed by atoms with Gasteiger partial charge in [-0.2, -0.15) is 0 Å². The summed E-state index contributed by atoms with van der Waals surface area (Å²) in [5.74, 6) is 2.54. The summed E-state index contributed by atoms with van der Waals surface area (Å²) in [6, 6.07) is 17.9. The van der Waals surface area contributed by atoms with Crippen LogP contribution in [0, 0.1) is 0 Å². The Labute approximate surface area is 179 Å². The topological polar surface area (TPSA) is 67.1 Å². The van der Waals surface area contributed by atoms with E-state index in [1.54, 1.807) is 44.6 Å². The van der Waals surface area contributed by atoms with Crippen molar-refractivity contribution >= 4 is 11.0 Å². The van der Waals surface area contributed by atoms with Gasteiger partial charge in [0.1, 0.15) is 34.3 Å². The Kier molecular flexibility index (Phi) is 5.54. The third-order valence-corrected chi connectivity index (χ3v) is 5.12. The van der Waals surface area contributed by atoms with Crippen molar-refractivity contribution < 1.29 is 23.4 Å². The van der Waals surface area contributed by atoms with Crippen LogP contribution >= 0.6 is 0 Å². The number of hydrogen-bond acceptors (Lipinski definition) is 6. The lowest BCUT2D eigenvalue weighted by Gasteiger charge is -2.17. The molecule has 0 unspecified atom stereocenters. The highest BCUT2D eigenvalue weighted by atomic mass is 16.5. The minimum absolute atomic E-state index is 0.186. The van der Waals surface area contributed by atoms with Crippen LogP contribution in [0.2, 0.25) is 0 Å². The number of rotatable bonds is 6. The molecule has 6 nitrogen and oxygen atoms in total. The molecule has 31 heavy (non-hydrogen) atoms. The number of fused-ring (bicyclic) bond motifs is 1. The number of benzene rings is 3. The minimum Gasteiger partial charge on any atom is -0.497 e. The molecular weight excluding hydrogens is 396 g/mol. The fourth-order valence-corrected chi connectivity index (χ4v) is 3.57. The molecule has 158 valence electrons. The molecule has 1 aromatic heterocycles. The van der Waals surface area contributed by atoms with E-state index in [-0.39, 0.29) is 5.43 Å². The molecule has 6 heteroatoms. The first kappa shape index (κ1) is 20.3. The molecule has 0 aliphatic carbocycles. The average Bonchev–Trinajstić information content (AvgIpc) is 2.83. The molecule has 0 saturated heterocycles. The molecule has 1 heterocycles. The molecule has 0 spiro atoms. The first-order valence-corrected chi connectivity index (χ1v) is 9.62. The quantitative estimate of drug-likeness (QED) is 0.431. The zero-order valence-electron chi connectivity index (χ0n) is 17.7. The van der Waals surface area contributed by atoms with E-state index in [9.17, 15) is 4.79 Å². The fraction of sp³-hybridized carbons (Fsp3) is 0.160. The molecule has 0 fully saturated rings. The van der Waals surface area contributed by atoms with Crippen LogP contribution < -0.4 is 24.4 Å². The smallest absolute Gasteiger partial charge is 0.201 e. The molecule has 0 saturated carbocycles. The summed E-state index contributed by atoms with van der Waals surface area (Å²) < 4.78 is 28.1. The molecule has 0 aliphatic rings. The van der Waals surface area contributed by atoms with E-state index < -0.39 is 0 Å². The summed E-state index contributed by atoms with van der Waals surface area (Å²) >= 11 is 0. The predicted molar refractivity (Wildman–Crippen MR) is 120 cm³/mol. The highest BCUT2D eigenvalue weighted by Crippen LogP contribution is 2.44. The van der Waals surface area contributed by atoms with Crippen molar-refractivity contribution in [2.75, 3.05) is 28.4 Å². The van der Waals surface area contributed by atoms with Gasteiger partial charge in [-0.15, -0.1) is 0 Å². The third kappa shape index (κ3) is 3.57. The molecule has 4 rings (SSSR count). The lowest BCUT2D eigenvalue weighted by molar-refractivity contribution is 0.377. The van der Waals surface area contributed by atoms with Crippen LogP contribution in [0.4, 0.5) is 0 Å². The van der Waals surface area contributed by atoms with Gasteiger partial charge in [-0.1, -0.05) is 12.1 Å². The van der Waals surface area contributed by atoms with Crippen molar-refractivity contribution in [3.05, 3.63) is 70.9 Å². The molecule has 0 amide bonds. The van der Waals surface area contributed by atoms with Crippen LogP contribution in [0.15, 0.2) is 69.9 Å².